The topological polar surface area (TPSA) is 73.0 Å². The molecule has 1 unspecified atom stereocenters. The predicted molar refractivity (Wildman–Crippen MR) is 171 cm³/mol. The molecule has 0 bridgehead atoms. The van der Waals surface area contributed by atoms with E-state index in [4.69, 9.17) is 23.2 Å². The van der Waals surface area contributed by atoms with Crippen LogP contribution in [-0.2, 0) is 14.4 Å². The van der Waals surface area contributed by atoms with Crippen LogP contribution in [0.1, 0.15) is 48.4 Å². The minimum absolute atomic E-state index is 0.0771. The molecule has 3 amide bonds. The molecule has 232 valence electrons. The highest BCUT2D eigenvalue weighted by atomic mass is 35.5. The third-order valence-electron chi connectivity index (χ3n) is 8.75. The third kappa shape index (κ3) is 7.42. The summed E-state index contributed by atoms with van der Waals surface area (Å²) >= 11 is 12.6. The number of nitrogens with zero attached hydrogens (tertiary/aromatic N) is 3. The maximum atomic E-state index is 14.8. The minimum Gasteiger partial charge on any atom is -0.340 e. The number of nitrogens with one attached hydrogen (secondary N) is 1. The van der Waals surface area contributed by atoms with Gasteiger partial charge in [0.1, 0.15) is 5.82 Å². The van der Waals surface area contributed by atoms with Crippen molar-refractivity contribution in [2.75, 3.05) is 44.6 Å². The van der Waals surface area contributed by atoms with E-state index in [1.54, 1.807) is 54.3 Å². The number of carbonyl (C=O) groups excluding carboxylic acids is 3. The number of piperidine rings is 1. The van der Waals surface area contributed by atoms with E-state index in [0.717, 1.165) is 30.8 Å². The van der Waals surface area contributed by atoms with Gasteiger partial charge >= 0.3 is 0 Å². The Balaban J connectivity index is 1.49. The monoisotopic (exact) mass is 638 g/mol. The standard InChI is InChI=1S/C34H37Cl2FN4O3/c1-22-10-11-27(37)20-29(22)33-32(34(44)38-28-9-4-8-26(36)19-28)30(24-6-3-7-25(35)18-24)21-31(43)41(33)13-5-12-39-14-16-40(17-15-39)23(2)42/h3-4,6-11,18-20,30,32-33H,5,12-17,21H2,1-2H3,(H,38,44)/t30-,32?,33+/m0/s1. The maximum Gasteiger partial charge on any atom is 0.230 e. The van der Waals surface area contributed by atoms with Crippen molar-refractivity contribution in [1.82, 2.24) is 14.7 Å². The van der Waals surface area contributed by atoms with Crippen molar-refractivity contribution in [3.05, 3.63) is 99.3 Å². The second-order valence-electron chi connectivity index (χ2n) is 11.6. The normalized spacial score (nSPS) is 20.9. The zero-order chi connectivity index (χ0) is 31.4. The van der Waals surface area contributed by atoms with Gasteiger partial charge in [-0.05, 0) is 79.0 Å². The molecule has 0 aromatic heterocycles. The van der Waals surface area contributed by atoms with Gasteiger partial charge in [0.05, 0.1) is 12.0 Å². The molecule has 2 fully saturated rings. The van der Waals surface area contributed by atoms with E-state index in [1.807, 2.05) is 24.0 Å². The molecule has 3 aromatic carbocycles. The number of piperazine rings is 1. The van der Waals surface area contributed by atoms with E-state index in [-0.39, 0.29) is 24.1 Å². The van der Waals surface area contributed by atoms with Crippen LogP contribution in [0.5, 0.6) is 0 Å². The fraction of sp³-hybridized carbons (Fsp3) is 0.382. The lowest BCUT2D eigenvalue weighted by Crippen LogP contribution is -2.51. The Bertz CT molecular complexity index is 1530. The van der Waals surface area contributed by atoms with Crippen molar-refractivity contribution in [1.29, 1.82) is 0 Å². The van der Waals surface area contributed by atoms with Crippen LogP contribution < -0.4 is 5.32 Å². The minimum atomic E-state index is -0.746. The fourth-order valence-electron chi connectivity index (χ4n) is 6.49. The van der Waals surface area contributed by atoms with E-state index in [9.17, 15) is 18.8 Å². The molecule has 3 atom stereocenters. The van der Waals surface area contributed by atoms with Crippen LogP contribution in [0.2, 0.25) is 10.0 Å². The molecule has 0 spiro atoms. The lowest BCUT2D eigenvalue weighted by Gasteiger charge is -2.46. The quantitative estimate of drug-likeness (QED) is 0.314. The molecule has 2 saturated heterocycles. The molecule has 2 aliphatic heterocycles. The average molecular weight is 640 g/mol. The van der Waals surface area contributed by atoms with Gasteiger partial charge in [-0.2, -0.15) is 0 Å². The van der Waals surface area contributed by atoms with Gasteiger partial charge in [0.25, 0.3) is 0 Å². The molecule has 44 heavy (non-hydrogen) atoms. The summed E-state index contributed by atoms with van der Waals surface area (Å²) in [5.41, 5.74) is 2.71. The first-order valence-corrected chi connectivity index (χ1v) is 15.7. The molecule has 10 heteroatoms. The van der Waals surface area contributed by atoms with E-state index >= 15 is 0 Å². The predicted octanol–water partition coefficient (Wildman–Crippen LogP) is 6.31. The van der Waals surface area contributed by atoms with Gasteiger partial charge in [0, 0.05) is 67.7 Å². The van der Waals surface area contributed by atoms with Crippen molar-refractivity contribution in [2.45, 2.75) is 38.6 Å². The number of rotatable bonds is 8. The van der Waals surface area contributed by atoms with Gasteiger partial charge in [0.2, 0.25) is 17.7 Å². The van der Waals surface area contributed by atoms with E-state index in [2.05, 4.69) is 10.2 Å². The van der Waals surface area contributed by atoms with Gasteiger partial charge in [-0.15, -0.1) is 0 Å². The molecular weight excluding hydrogens is 602 g/mol. The largest absolute Gasteiger partial charge is 0.340 e. The number of hydrogen-bond acceptors (Lipinski definition) is 4. The second kappa shape index (κ2) is 14.1. The molecule has 0 radical (unpaired) electrons. The molecule has 2 heterocycles. The maximum absolute atomic E-state index is 14.8. The Morgan fingerprint density at radius 3 is 2.32 bits per heavy atom. The van der Waals surface area contributed by atoms with E-state index in [1.165, 1.54) is 12.1 Å². The molecule has 0 aliphatic carbocycles. The number of likely N-dealkylation sites (tertiary alicyclic amines) is 1. The van der Waals surface area contributed by atoms with Gasteiger partial charge < -0.3 is 15.1 Å². The zero-order valence-electron chi connectivity index (χ0n) is 24.9. The van der Waals surface area contributed by atoms with E-state index in [0.29, 0.717) is 47.4 Å². The average Bonchev–Trinajstić information content (AvgIpc) is 2.99. The summed E-state index contributed by atoms with van der Waals surface area (Å²) in [6.45, 7) is 7.48. The summed E-state index contributed by atoms with van der Waals surface area (Å²) in [5, 5.41) is 4.02. The number of halogens is 3. The second-order valence-corrected chi connectivity index (χ2v) is 12.5. The van der Waals surface area contributed by atoms with E-state index < -0.39 is 23.7 Å². The lowest BCUT2D eigenvalue weighted by atomic mass is 9.72. The molecule has 0 saturated carbocycles. The van der Waals surface area contributed by atoms with Crippen LogP contribution in [0.25, 0.3) is 0 Å². The Kier molecular flexibility index (Phi) is 10.2. The number of hydrogen-bond donors (Lipinski definition) is 1. The van der Waals surface area contributed by atoms with Crippen molar-refractivity contribution in [2.24, 2.45) is 5.92 Å². The first kappa shape index (κ1) is 31.9. The van der Waals surface area contributed by atoms with Gasteiger partial charge in [-0.25, -0.2) is 4.39 Å². The van der Waals surface area contributed by atoms with Crippen LogP contribution in [0.3, 0.4) is 0 Å². The van der Waals surface area contributed by atoms with Crippen LogP contribution in [-0.4, -0.2) is 71.7 Å². The first-order chi connectivity index (χ1) is 21.1. The highest BCUT2D eigenvalue weighted by Crippen LogP contribution is 2.47. The van der Waals surface area contributed by atoms with Crippen molar-refractivity contribution in [3.63, 3.8) is 0 Å². The summed E-state index contributed by atoms with van der Waals surface area (Å²) in [5.74, 6) is -1.98. The van der Waals surface area contributed by atoms with Crippen molar-refractivity contribution in [3.8, 4) is 0 Å². The molecule has 3 aromatic rings. The van der Waals surface area contributed by atoms with Crippen LogP contribution in [0.4, 0.5) is 10.1 Å². The number of anilines is 1. The molecule has 7 nitrogen and oxygen atoms in total. The third-order valence-corrected chi connectivity index (χ3v) is 9.22. The van der Waals surface area contributed by atoms with Gasteiger partial charge in [-0.1, -0.05) is 47.5 Å². The molecule has 2 aliphatic rings. The van der Waals surface area contributed by atoms with Crippen LogP contribution >= 0.6 is 23.2 Å². The summed E-state index contributed by atoms with van der Waals surface area (Å²) < 4.78 is 14.8. The molecule has 5 rings (SSSR count). The Morgan fingerprint density at radius 2 is 1.64 bits per heavy atom. The van der Waals surface area contributed by atoms with Crippen molar-refractivity contribution < 1.29 is 18.8 Å². The lowest BCUT2D eigenvalue weighted by molar-refractivity contribution is -0.144. The highest BCUT2D eigenvalue weighted by molar-refractivity contribution is 6.31. The summed E-state index contributed by atoms with van der Waals surface area (Å²) in [6, 6.07) is 18.0. The number of carbonyl (C=O) groups is 3. The number of aryl methyl sites for hydroxylation is 1. The highest BCUT2D eigenvalue weighted by Gasteiger charge is 2.47. The number of amides is 3. The van der Waals surface area contributed by atoms with Crippen LogP contribution in [0, 0.1) is 18.7 Å². The first-order valence-electron chi connectivity index (χ1n) is 15.0. The van der Waals surface area contributed by atoms with Crippen LogP contribution in [0.15, 0.2) is 66.7 Å². The Hall–Kier alpha value is -3.46. The van der Waals surface area contributed by atoms with Gasteiger partial charge in [-0.3, -0.25) is 19.3 Å². The fourth-order valence-corrected chi connectivity index (χ4v) is 6.88. The van der Waals surface area contributed by atoms with Gasteiger partial charge in [0.15, 0.2) is 0 Å². The number of benzene rings is 3. The Morgan fingerprint density at radius 1 is 0.932 bits per heavy atom. The summed E-state index contributed by atoms with van der Waals surface area (Å²) in [4.78, 5) is 46.0. The SMILES string of the molecule is CC(=O)N1CCN(CCCN2C(=O)C[C@@H](c3cccc(Cl)c3)C(C(=O)Nc3cccc(Cl)c3)[C@H]2c2cc(F)ccc2C)CC1. The Labute approximate surface area is 267 Å². The molecular formula is C34H37Cl2FN4O3. The molecule has 1 N–H and O–H groups in total. The zero-order valence-corrected chi connectivity index (χ0v) is 26.5. The summed E-state index contributed by atoms with van der Waals surface area (Å²) in [6.07, 6.45) is 0.775. The summed E-state index contributed by atoms with van der Waals surface area (Å²) in [7, 11) is 0. The smallest absolute Gasteiger partial charge is 0.230 e. The van der Waals surface area contributed by atoms with Crippen molar-refractivity contribution >= 4 is 46.6 Å².